The Labute approximate surface area is 123 Å². The molecule has 0 radical (unpaired) electrons. The molecule has 106 valence electrons. The Morgan fingerprint density at radius 1 is 1.45 bits per heavy atom. The highest BCUT2D eigenvalue weighted by atomic mass is 32.1. The Morgan fingerprint density at radius 3 is 3.15 bits per heavy atom. The smallest absolute Gasteiger partial charge is 0.122 e. The van der Waals surface area contributed by atoms with Gasteiger partial charge in [-0.15, -0.1) is 11.3 Å². The highest BCUT2D eigenvalue weighted by Gasteiger charge is 2.13. The Bertz CT molecular complexity index is 594. The zero-order valence-electron chi connectivity index (χ0n) is 11.6. The van der Waals surface area contributed by atoms with Crippen molar-refractivity contribution in [1.29, 1.82) is 0 Å². The van der Waals surface area contributed by atoms with E-state index in [0.717, 1.165) is 42.3 Å². The predicted molar refractivity (Wildman–Crippen MR) is 80.5 cm³/mol. The van der Waals surface area contributed by atoms with Gasteiger partial charge in [-0.1, -0.05) is 12.1 Å². The van der Waals surface area contributed by atoms with Crippen LogP contribution >= 0.6 is 11.3 Å². The second kappa shape index (κ2) is 5.94. The molecule has 0 amide bonds. The van der Waals surface area contributed by atoms with Crippen LogP contribution in [-0.2, 0) is 19.3 Å². The van der Waals surface area contributed by atoms with Gasteiger partial charge in [-0.2, -0.15) is 0 Å². The van der Waals surface area contributed by atoms with E-state index in [-0.39, 0.29) is 6.10 Å². The first-order valence-electron chi connectivity index (χ1n) is 7.04. The molecule has 0 saturated heterocycles. The van der Waals surface area contributed by atoms with Crippen LogP contribution in [0, 0.1) is 6.92 Å². The third-order valence-corrected chi connectivity index (χ3v) is 4.45. The summed E-state index contributed by atoms with van der Waals surface area (Å²) < 4.78 is 5.50. The lowest BCUT2D eigenvalue weighted by Gasteiger charge is -2.09. The number of aliphatic hydroxyl groups excluding tert-OH is 1. The quantitative estimate of drug-likeness (QED) is 0.920. The van der Waals surface area contributed by atoms with Gasteiger partial charge in [0.05, 0.1) is 23.4 Å². The first-order valence-corrected chi connectivity index (χ1v) is 7.92. The molecule has 0 fully saturated rings. The fourth-order valence-electron chi connectivity index (χ4n) is 2.57. The van der Waals surface area contributed by atoms with Gasteiger partial charge in [-0.25, -0.2) is 4.98 Å². The molecule has 1 aromatic carbocycles. The monoisotopic (exact) mass is 289 g/mol. The standard InChI is InChI=1S/C16H19NO2S/c1-11-17-14(10-20-11)9-15(18)4-2-12-3-5-16-13(8-12)6-7-19-16/h3,5,8,10,15,18H,2,4,6-7,9H2,1H3. The van der Waals surface area contributed by atoms with Crippen LogP contribution in [0.15, 0.2) is 23.6 Å². The number of fused-ring (bicyclic) bond motifs is 1. The van der Waals surface area contributed by atoms with Crippen LogP contribution in [0.1, 0.15) is 28.2 Å². The fourth-order valence-corrected chi connectivity index (χ4v) is 3.20. The molecule has 0 spiro atoms. The largest absolute Gasteiger partial charge is 0.493 e. The zero-order valence-corrected chi connectivity index (χ0v) is 12.4. The zero-order chi connectivity index (χ0) is 13.9. The molecule has 3 rings (SSSR count). The molecule has 2 heterocycles. The maximum Gasteiger partial charge on any atom is 0.122 e. The molecule has 1 N–H and O–H groups in total. The molecular weight excluding hydrogens is 270 g/mol. The Kier molecular flexibility index (Phi) is 4.03. The molecule has 1 aliphatic rings. The van der Waals surface area contributed by atoms with Gasteiger partial charge in [-0.05, 0) is 37.0 Å². The summed E-state index contributed by atoms with van der Waals surface area (Å²) in [4.78, 5) is 4.39. The number of hydrogen-bond donors (Lipinski definition) is 1. The van der Waals surface area contributed by atoms with E-state index in [1.807, 2.05) is 18.4 Å². The van der Waals surface area contributed by atoms with E-state index in [1.165, 1.54) is 11.1 Å². The molecule has 2 aromatic rings. The first kappa shape index (κ1) is 13.6. The summed E-state index contributed by atoms with van der Waals surface area (Å²) >= 11 is 1.64. The van der Waals surface area contributed by atoms with Crippen LogP contribution < -0.4 is 4.74 Å². The number of rotatable bonds is 5. The fraction of sp³-hybridized carbons (Fsp3) is 0.438. The van der Waals surface area contributed by atoms with Crippen LogP contribution in [0.25, 0.3) is 0 Å². The van der Waals surface area contributed by atoms with Crippen molar-refractivity contribution in [2.45, 2.75) is 38.7 Å². The molecule has 1 atom stereocenters. The van der Waals surface area contributed by atoms with Crippen LogP contribution in [-0.4, -0.2) is 22.8 Å². The third kappa shape index (κ3) is 3.19. The Balaban J connectivity index is 1.53. The van der Waals surface area contributed by atoms with Crippen LogP contribution in [0.5, 0.6) is 5.75 Å². The Hall–Kier alpha value is -1.39. The van der Waals surface area contributed by atoms with Gasteiger partial charge in [0, 0.05) is 18.2 Å². The second-order valence-corrected chi connectivity index (χ2v) is 6.36. The molecular formula is C16H19NO2S. The summed E-state index contributed by atoms with van der Waals surface area (Å²) in [5.41, 5.74) is 3.58. The van der Waals surface area contributed by atoms with Gasteiger partial charge in [-0.3, -0.25) is 0 Å². The molecule has 1 aromatic heterocycles. The highest BCUT2D eigenvalue weighted by molar-refractivity contribution is 7.09. The lowest BCUT2D eigenvalue weighted by molar-refractivity contribution is 0.164. The van der Waals surface area contributed by atoms with Crippen molar-refractivity contribution >= 4 is 11.3 Å². The number of ether oxygens (including phenoxy) is 1. The number of aromatic nitrogens is 1. The topological polar surface area (TPSA) is 42.4 Å². The van der Waals surface area contributed by atoms with Gasteiger partial charge in [0.15, 0.2) is 0 Å². The van der Waals surface area contributed by atoms with Crippen LogP contribution in [0.4, 0.5) is 0 Å². The average Bonchev–Trinajstić information content (AvgIpc) is 3.04. The number of hydrogen-bond acceptors (Lipinski definition) is 4. The summed E-state index contributed by atoms with van der Waals surface area (Å²) in [6.07, 6.45) is 3.01. The number of benzene rings is 1. The number of aliphatic hydroxyl groups is 1. The van der Waals surface area contributed by atoms with Crippen molar-refractivity contribution in [3.63, 3.8) is 0 Å². The number of thiazole rings is 1. The molecule has 0 bridgehead atoms. The van der Waals surface area contributed by atoms with Crippen molar-refractivity contribution < 1.29 is 9.84 Å². The van der Waals surface area contributed by atoms with Crippen molar-refractivity contribution in [3.05, 3.63) is 45.4 Å². The van der Waals surface area contributed by atoms with E-state index in [1.54, 1.807) is 11.3 Å². The summed E-state index contributed by atoms with van der Waals surface area (Å²) in [6, 6.07) is 6.36. The second-order valence-electron chi connectivity index (χ2n) is 5.30. The minimum atomic E-state index is -0.319. The SMILES string of the molecule is Cc1nc(CC(O)CCc2ccc3c(c2)CCO3)cs1. The van der Waals surface area contributed by atoms with E-state index < -0.39 is 0 Å². The minimum Gasteiger partial charge on any atom is -0.493 e. The normalized spacial score (nSPS) is 14.9. The third-order valence-electron chi connectivity index (χ3n) is 3.63. The van der Waals surface area contributed by atoms with E-state index in [9.17, 15) is 5.11 Å². The molecule has 20 heavy (non-hydrogen) atoms. The molecule has 1 aliphatic heterocycles. The summed E-state index contributed by atoms with van der Waals surface area (Å²) in [5.74, 6) is 1.02. The predicted octanol–water partition coefficient (Wildman–Crippen LogP) is 2.92. The van der Waals surface area contributed by atoms with Crippen LogP contribution in [0.3, 0.4) is 0 Å². The van der Waals surface area contributed by atoms with Crippen molar-refractivity contribution in [2.75, 3.05) is 6.61 Å². The molecule has 0 aliphatic carbocycles. The van der Waals surface area contributed by atoms with Gasteiger partial charge >= 0.3 is 0 Å². The lowest BCUT2D eigenvalue weighted by Crippen LogP contribution is -2.12. The molecule has 1 unspecified atom stereocenters. The first-order chi connectivity index (χ1) is 9.70. The van der Waals surface area contributed by atoms with E-state index in [4.69, 9.17) is 4.74 Å². The molecule has 0 saturated carbocycles. The Morgan fingerprint density at radius 2 is 2.35 bits per heavy atom. The summed E-state index contributed by atoms with van der Waals surface area (Å²) in [5, 5.41) is 13.2. The van der Waals surface area contributed by atoms with Gasteiger partial charge < -0.3 is 9.84 Å². The van der Waals surface area contributed by atoms with E-state index in [2.05, 4.69) is 17.1 Å². The van der Waals surface area contributed by atoms with Crippen molar-refractivity contribution in [3.8, 4) is 5.75 Å². The average molecular weight is 289 g/mol. The van der Waals surface area contributed by atoms with Crippen molar-refractivity contribution in [1.82, 2.24) is 4.98 Å². The maximum absolute atomic E-state index is 10.1. The minimum absolute atomic E-state index is 0.319. The molecule has 4 heteroatoms. The summed E-state index contributed by atoms with van der Waals surface area (Å²) in [7, 11) is 0. The highest BCUT2D eigenvalue weighted by Crippen LogP contribution is 2.26. The van der Waals surface area contributed by atoms with Gasteiger partial charge in [0.2, 0.25) is 0 Å². The van der Waals surface area contributed by atoms with Crippen molar-refractivity contribution in [2.24, 2.45) is 0 Å². The number of nitrogens with zero attached hydrogens (tertiary/aromatic N) is 1. The molecule has 3 nitrogen and oxygen atoms in total. The van der Waals surface area contributed by atoms with Gasteiger partial charge in [0.25, 0.3) is 0 Å². The van der Waals surface area contributed by atoms with E-state index >= 15 is 0 Å². The van der Waals surface area contributed by atoms with Crippen LogP contribution in [0.2, 0.25) is 0 Å². The van der Waals surface area contributed by atoms with Gasteiger partial charge in [0.1, 0.15) is 5.75 Å². The maximum atomic E-state index is 10.1. The summed E-state index contributed by atoms with van der Waals surface area (Å²) in [6.45, 7) is 2.79. The number of aryl methyl sites for hydroxylation is 2. The van der Waals surface area contributed by atoms with E-state index in [0.29, 0.717) is 6.42 Å². The lowest BCUT2D eigenvalue weighted by atomic mass is 10.0.